The molecule has 1 aliphatic rings. The van der Waals surface area contributed by atoms with E-state index in [0.29, 0.717) is 6.42 Å². The maximum Gasteiger partial charge on any atom is 0.407 e. The molecule has 2 N–H and O–H groups in total. The molecule has 1 aliphatic heterocycles. The van der Waals surface area contributed by atoms with Crippen molar-refractivity contribution in [1.29, 1.82) is 0 Å². The number of alkyl carbamates (subject to hydrolysis) is 1. The molecule has 14 heavy (non-hydrogen) atoms. The highest BCUT2D eigenvalue weighted by atomic mass is 16.6. The second-order valence-electron chi connectivity index (χ2n) is 3.76. The zero-order valence-corrected chi connectivity index (χ0v) is 8.82. The first-order chi connectivity index (χ1) is 6.69. The van der Waals surface area contributed by atoms with Crippen molar-refractivity contribution in [3.05, 3.63) is 0 Å². The lowest BCUT2D eigenvalue weighted by atomic mass is 9.99. The summed E-state index contributed by atoms with van der Waals surface area (Å²) in [6.07, 6.45) is 2.33. The Balaban J connectivity index is 2.51. The van der Waals surface area contributed by atoms with E-state index >= 15 is 0 Å². The zero-order chi connectivity index (χ0) is 10.6. The highest BCUT2D eigenvalue weighted by molar-refractivity contribution is 5.70. The fraction of sp³-hybridized carbons (Fsp3) is 0.900. The van der Waals surface area contributed by atoms with Gasteiger partial charge in [0.25, 0.3) is 0 Å². The van der Waals surface area contributed by atoms with Gasteiger partial charge in [0, 0.05) is 0 Å². The minimum absolute atomic E-state index is 0.158. The molecule has 0 spiro atoms. The summed E-state index contributed by atoms with van der Waals surface area (Å²) in [5, 5.41) is 12.4. The molecule has 1 saturated heterocycles. The van der Waals surface area contributed by atoms with Gasteiger partial charge in [-0.05, 0) is 12.8 Å². The van der Waals surface area contributed by atoms with Crippen LogP contribution in [0.1, 0.15) is 39.5 Å². The SMILES string of the molecule is CCC[C@H](O)[C@H]1NC(=O)O[C@@H]1CCC. The summed E-state index contributed by atoms with van der Waals surface area (Å²) in [7, 11) is 0. The Morgan fingerprint density at radius 2 is 2.21 bits per heavy atom. The first-order valence-electron chi connectivity index (χ1n) is 5.34. The summed E-state index contributed by atoms with van der Waals surface area (Å²) < 4.78 is 5.07. The Bertz CT molecular complexity index is 196. The van der Waals surface area contributed by atoms with Crippen LogP contribution in [0.4, 0.5) is 4.79 Å². The molecule has 0 unspecified atom stereocenters. The third kappa shape index (κ3) is 2.61. The quantitative estimate of drug-likeness (QED) is 0.707. The molecular formula is C10H19NO3. The first-order valence-corrected chi connectivity index (χ1v) is 5.34. The van der Waals surface area contributed by atoms with Gasteiger partial charge in [0.2, 0.25) is 0 Å². The maximum atomic E-state index is 11.0. The maximum absolute atomic E-state index is 11.0. The standard InChI is InChI=1S/C10H19NO3/c1-3-5-7(12)9-8(6-4-2)14-10(13)11-9/h7-9,12H,3-6H2,1-2H3,(H,11,13)/t7-,8+,9+/m0/s1. The van der Waals surface area contributed by atoms with Crippen molar-refractivity contribution in [1.82, 2.24) is 5.32 Å². The molecule has 4 heteroatoms. The van der Waals surface area contributed by atoms with Crippen LogP contribution in [0.3, 0.4) is 0 Å². The largest absolute Gasteiger partial charge is 0.444 e. The number of cyclic esters (lactones) is 1. The van der Waals surface area contributed by atoms with Crippen molar-refractivity contribution in [3.63, 3.8) is 0 Å². The molecule has 0 aromatic rings. The van der Waals surface area contributed by atoms with Crippen LogP contribution in [0.15, 0.2) is 0 Å². The van der Waals surface area contributed by atoms with Crippen molar-refractivity contribution in [2.75, 3.05) is 0 Å². The number of nitrogens with one attached hydrogen (secondary N) is 1. The lowest BCUT2D eigenvalue weighted by molar-refractivity contribution is 0.0686. The van der Waals surface area contributed by atoms with Gasteiger partial charge in [-0.15, -0.1) is 0 Å². The Morgan fingerprint density at radius 1 is 1.50 bits per heavy atom. The minimum Gasteiger partial charge on any atom is -0.444 e. The topological polar surface area (TPSA) is 58.6 Å². The van der Waals surface area contributed by atoms with Gasteiger partial charge >= 0.3 is 6.09 Å². The summed E-state index contributed by atoms with van der Waals surface area (Å²) >= 11 is 0. The molecule has 1 fully saturated rings. The van der Waals surface area contributed by atoms with Crippen LogP contribution in [0.25, 0.3) is 0 Å². The van der Waals surface area contributed by atoms with Gasteiger partial charge < -0.3 is 15.2 Å². The lowest BCUT2D eigenvalue weighted by Crippen LogP contribution is -2.42. The molecule has 0 aromatic carbocycles. The number of amides is 1. The van der Waals surface area contributed by atoms with Crippen molar-refractivity contribution < 1.29 is 14.6 Å². The van der Waals surface area contributed by atoms with E-state index < -0.39 is 12.2 Å². The van der Waals surface area contributed by atoms with Crippen LogP contribution >= 0.6 is 0 Å². The second kappa shape index (κ2) is 5.20. The molecule has 0 radical (unpaired) electrons. The molecular weight excluding hydrogens is 182 g/mol. The van der Waals surface area contributed by atoms with Crippen LogP contribution < -0.4 is 5.32 Å². The number of rotatable bonds is 5. The fourth-order valence-electron chi connectivity index (χ4n) is 1.82. The third-order valence-electron chi connectivity index (χ3n) is 2.52. The molecule has 4 nitrogen and oxygen atoms in total. The number of ether oxygens (including phenoxy) is 1. The van der Waals surface area contributed by atoms with E-state index in [1.54, 1.807) is 0 Å². The van der Waals surface area contributed by atoms with E-state index in [0.717, 1.165) is 19.3 Å². The van der Waals surface area contributed by atoms with Gasteiger partial charge in [0.05, 0.1) is 12.1 Å². The molecule has 3 atom stereocenters. The lowest BCUT2D eigenvalue weighted by Gasteiger charge is -2.21. The fourth-order valence-corrected chi connectivity index (χ4v) is 1.82. The first kappa shape index (κ1) is 11.3. The van der Waals surface area contributed by atoms with Crippen molar-refractivity contribution in [3.8, 4) is 0 Å². The minimum atomic E-state index is -0.483. The van der Waals surface area contributed by atoms with Crippen LogP contribution in [0.2, 0.25) is 0 Å². The third-order valence-corrected chi connectivity index (χ3v) is 2.52. The molecule has 0 bridgehead atoms. The molecule has 1 rings (SSSR count). The van der Waals surface area contributed by atoms with Crippen LogP contribution in [0, 0.1) is 0 Å². The van der Waals surface area contributed by atoms with E-state index in [1.807, 2.05) is 13.8 Å². The van der Waals surface area contributed by atoms with Crippen LogP contribution in [0.5, 0.6) is 0 Å². The van der Waals surface area contributed by atoms with Gasteiger partial charge in [-0.1, -0.05) is 26.7 Å². The Morgan fingerprint density at radius 3 is 2.79 bits per heavy atom. The predicted molar refractivity (Wildman–Crippen MR) is 53.0 cm³/mol. The van der Waals surface area contributed by atoms with Gasteiger partial charge in [-0.3, -0.25) is 0 Å². The van der Waals surface area contributed by atoms with Gasteiger partial charge in [0.15, 0.2) is 0 Å². The van der Waals surface area contributed by atoms with E-state index in [-0.39, 0.29) is 12.1 Å². The number of aliphatic hydroxyl groups excluding tert-OH is 1. The second-order valence-corrected chi connectivity index (χ2v) is 3.76. The molecule has 0 saturated carbocycles. The van der Waals surface area contributed by atoms with Crippen molar-refractivity contribution in [2.45, 2.75) is 57.8 Å². The number of hydrogen-bond donors (Lipinski definition) is 2. The number of carbonyl (C=O) groups excluding carboxylic acids is 1. The molecule has 1 amide bonds. The molecule has 82 valence electrons. The Kier molecular flexibility index (Phi) is 4.20. The summed E-state index contributed by atoms with van der Waals surface area (Å²) in [5.74, 6) is 0. The van der Waals surface area contributed by atoms with Gasteiger partial charge in [-0.2, -0.15) is 0 Å². The Labute approximate surface area is 84.6 Å². The van der Waals surface area contributed by atoms with Gasteiger partial charge in [-0.25, -0.2) is 4.79 Å². The monoisotopic (exact) mass is 201 g/mol. The predicted octanol–water partition coefficient (Wildman–Crippen LogP) is 1.42. The summed E-state index contributed by atoms with van der Waals surface area (Å²) in [5.41, 5.74) is 0. The van der Waals surface area contributed by atoms with Crippen LogP contribution in [-0.4, -0.2) is 29.4 Å². The molecule has 0 aliphatic carbocycles. The number of carbonyl (C=O) groups is 1. The van der Waals surface area contributed by atoms with E-state index in [9.17, 15) is 9.90 Å². The van der Waals surface area contributed by atoms with E-state index in [4.69, 9.17) is 4.74 Å². The normalized spacial score (nSPS) is 28.4. The molecule has 0 aromatic heterocycles. The van der Waals surface area contributed by atoms with E-state index in [2.05, 4.69) is 5.32 Å². The number of aliphatic hydroxyl groups is 1. The Hall–Kier alpha value is -0.770. The smallest absolute Gasteiger partial charge is 0.407 e. The van der Waals surface area contributed by atoms with Crippen molar-refractivity contribution >= 4 is 6.09 Å². The average Bonchev–Trinajstić information content (AvgIpc) is 2.48. The zero-order valence-electron chi connectivity index (χ0n) is 8.82. The average molecular weight is 201 g/mol. The molecule has 1 heterocycles. The van der Waals surface area contributed by atoms with Crippen molar-refractivity contribution in [2.24, 2.45) is 0 Å². The highest BCUT2D eigenvalue weighted by Crippen LogP contribution is 2.19. The van der Waals surface area contributed by atoms with Gasteiger partial charge in [0.1, 0.15) is 6.10 Å². The summed E-state index contributed by atoms with van der Waals surface area (Å²) in [6, 6.07) is -0.220. The highest BCUT2D eigenvalue weighted by Gasteiger charge is 2.37. The number of hydrogen-bond acceptors (Lipinski definition) is 3. The summed E-state index contributed by atoms with van der Waals surface area (Å²) in [4.78, 5) is 11.0. The van der Waals surface area contributed by atoms with Crippen LogP contribution in [-0.2, 0) is 4.74 Å². The summed E-state index contributed by atoms with van der Waals surface area (Å²) in [6.45, 7) is 4.05. The van der Waals surface area contributed by atoms with E-state index in [1.165, 1.54) is 0 Å².